The number of ether oxygens (including phenoxy) is 2. The molecule has 1 saturated heterocycles. The van der Waals surface area contributed by atoms with Crippen LogP contribution in [0.1, 0.15) is 20.8 Å². The van der Waals surface area contributed by atoms with Crippen LogP contribution in [0.15, 0.2) is 10.7 Å². The van der Waals surface area contributed by atoms with Crippen molar-refractivity contribution in [1.82, 2.24) is 5.27 Å². The van der Waals surface area contributed by atoms with E-state index in [9.17, 15) is 4.79 Å². The van der Waals surface area contributed by atoms with Crippen LogP contribution in [0.5, 0.6) is 0 Å². The van der Waals surface area contributed by atoms with E-state index in [2.05, 4.69) is 10.6 Å². The second-order valence-electron chi connectivity index (χ2n) is 5.18. The van der Waals surface area contributed by atoms with Crippen molar-refractivity contribution in [3.63, 3.8) is 0 Å². The molecule has 0 aromatic carbocycles. The Kier molecular flexibility index (Phi) is 3.89. The molecule has 19 heavy (non-hydrogen) atoms. The van der Waals surface area contributed by atoms with Gasteiger partial charge < -0.3 is 9.47 Å². The lowest BCUT2D eigenvalue weighted by Crippen LogP contribution is -2.62. The van der Waals surface area contributed by atoms with Crippen LogP contribution in [0.4, 0.5) is 10.7 Å². The average Bonchev–Trinajstić information content (AvgIpc) is 2.76. The lowest BCUT2D eigenvalue weighted by Gasteiger charge is -2.18. The number of hydrogen-bond donors (Lipinski definition) is 1. The number of anilines is 1. The van der Waals surface area contributed by atoms with Crippen LogP contribution in [-0.4, -0.2) is 43.3 Å². The molecule has 1 amide bonds. The molecule has 0 unspecified atom stereocenters. The summed E-state index contributed by atoms with van der Waals surface area (Å²) in [5.74, 6) is 0.237. The van der Waals surface area contributed by atoms with E-state index in [4.69, 9.17) is 14.0 Å². The molecule has 1 aliphatic heterocycles. The number of nitrogens with zero attached hydrogens (tertiary/aromatic N) is 3. The van der Waals surface area contributed by atoms with E-state index < -0.39 is 11.7 Å². The summed E-state index contributed by atoms with van der Waals surface area (Å²) < 4.78 is 15.4. The van der Waals surface area contributed by atoms with Crippen molar-refractivity contribution in [2.75, 3.05) is 36.6 Å². The third-order valence-electron chi connectivity index (χ3n) is 2.36. The van der Waals surface area contributed by atoms with E-state index in [1.807, 2.05) is 5.01 Å². The van der Waals surface area contributed by atoms with Gasteiger partial charge in [0.2, 0.25) is 5.27 Å². The molecule has 2 heterocycles. The van der Waals surface area contributed by atoms with Gasteiger partial charge in [-0.05, 0) is 20.8 Å². The molecule has 1 N–H and O–H groups in total. The quantitative estimate of drug-likeness (QED) is 0.778. The highest BCUT2D eigenvalue weighted by atomic mass is 16.6. The average molecular weight is 271 g/mol. The van der Waals surface area contributed by atoms with Crippen LogP contribution < -0.4 is 15.1 Å². The predicted octanol–water partition coefficient (Wildman–Crippen LogP) is 0.277. The molecule has 1 aliphatic rings. The van der Waals surface area contributed by atoms with Gasteiger partial charge in [0.25, 0.3) is 6.20 Å². The molecule has 2 rings (SSSR count). The minimum Gasteiger partial charge on any atom is -0.444 e. The monoisotopic (exact) mass is 271 g/mol. The summed E-state index contributed by atoms with van der Waals surface area (Å²) in [6.45, 7) is 8.12. The summed E-state index contributed by atoms with van der Waals surface area (Å²) in [4.78, 5) is 13.1. The Balaban J connectivity index is 1.91. The van der Waals surface area contributed by atoms with Crippen LogP contribution in [0.3, 0.4) is 0 Å². The Bertz CT molecular complexity index is 434. The zero-order valence-electron chi connectivity index (χ0n) is 11.4. The lowest BCUT2D eigenvalue weighted by atomic mass is 10.2. The molecule has 0 bridgehead atoms. The second-order valence-corrected chi connectivity index (χ2v) is 5.18. The van der Waals surface area contributed by atoms with Gasteiger partial charge in [-0.1, -0.05) is 0 Å². The highest BCUT2D eigenvalue weighted by Crippen LogP contribution is 2.09. The first kappa shape index (κ1) is 13.6. The maximum absolute atomic E-state index is 11.5. The van der Waals surface area contributed by atoms with Crippen molar-refractivity contribution in [3.05, 3.63) is 6.20 Å². The maximum Gasteiger partial charge on any atom is 0.414 e. The van der Waals surface area contributed by atoms with Crippen LogP contribution in [0, 0.1) is 0 Å². The minimum absolute atomic E-state index is 0.237. The molecule has 0 saturated carbocycles. The van der Waals surface area contributed by atoms with Crippen LogP contribution >= 0.6 is 0 Å². The molecule has 0 aliphatic carbocycles. The Labute approximate surface area is 111 Å². The fourth-order valence-corrected chi connectivity index (χ4v) is 1.59. The van der Waals surface area contributed by atoms with Gasteiger partial charge in [0.1, 0.15) is 5.60 Å². The molecule has 0 spiro atoms. The van der Waals surface area contributed by atoms with Gasteiger partial charge in [-0.25, -0.2) is 4.79 Å². The maximum atomic E-state index is 11.5. The summed E-state index contributed by atoms with van der Waals surface area (Å²) in [5, 5.41) is 8.27. The summed E-state index contributed by atoms with van der Waals surface area (Å²) in [6.07, 6.45) is 1.02. The molecular formula is C11H19N4O4+. The molecule has 106 valence electrons. The Hall–Kier alpha value is -1.83. The van der Waals surface area contributed by atoms with Gasteiger partial charge in [0, 0.05) is 0 Å². The minimum atomic E-state index is -0.572. The van der Waals surface area contributed by atoms with Crippen LogP contribution in [-0.2, 0) is 9.47 Å². The first-order valence-corrected chi connectivity index (χ1v) is 6.16. The van der Waals surface area contributed by atoms with Crippen LogP contribution in [0.2, 0.25) is 0 Å². The smallest absolute Gasteiger partial charge is 0.414 e. The van der Waals surface area contributed by atoms with Crippen LogP contribution in [0.25, 0.3) is 0 Å². The lowest BCUT2D eigenvalue weighted by molar-refractivity contribution is -0.759. The summed E-state index contributed by atoms with van der Waals surface area (Å²) in [5.41, 5.74) is -0.551. The van der Waals surface area contributed by atoms with E-state index in [1.165, 1.54) is 0 Å². The van der Waals surface area contributed by atoms with E-state index in [1.54, 1.807) is 31.8 Å². The fraction of sp³-hybridized carbons (Fsp3) is 0.727. The molecule has 0 radical (unpaired) electrons. The largest absolute Gasteiger partial charge is 0.444 e. The zero-order chi connectivity index (χ0) is 13.9. The summed E-state index contributed by atoms with van der Waals surface area (Å²) in [6, 6.07) is 0. The molecule has 1 aromatic heterocycles. The molecule has 8 heteroatoms. The number of rotatable bonds is 2. The van der Waals surface area contributed by atoms with Crippen molar-refractivity contribution in [3.8, 4) is 0 Å². The van der Waals surface area contributed by atoms with Gasteiger partial charge in [0.15, 0.2) is 0 Å². The van der Waals surface area contributed by atoms with Crippen molar-refractivity contribution in [1.29, 1.82) is 0 Å². The molecule has 1 aromatic rings. The molecule has 1 fully saturated rings. The van der Waals surface area contributed by atoms with Gasteiger partial charge in [-0.3, -0.25) is 9.84 Å². The van der Waals surface area contributed by atoms with E-state index in [0.29, 0.717) is 13.2 Å². The van der Waals surface area contributed by atoms with Crippen molar-refractivity contribution in [2.45, 2.75) is 26.4 Å². The molecule has 0 atom stereocenters. The number of aromatic nitrogens is 2. The van der Waals surface area contributed by atoms with Crippen molar-refractivity contribution in [2.24, 2.45) is 0 Å². The highest BCUT2D eigenvalue weighted by Gasteiger charge is 2.24. The molecule has 8 nitrogen and oxygen atoms in total. The number of morpholine rings is 1. The first-order valence-electron chi connectivity index (χ1n) is 6.16. The van der Waals surface area contributed by atoms with Gasteiger partial charge in [-0.2, -0.15) is 0 Å². The fourth-order valence-electron chi connectivity index (χ4n) is 1.59. The SMILES string of the molecule is CC(C)(C)OC(=O)Nc1c[n+](N2CCOCC2)no1. The second kappa shape index (κ2) is 5.43. The number of carbonyl (C=O) groups excluding carboxylic acids is 1. The number of amides is 1. The van der Waals surface area contributed by atoms with Crippen molar-refractivity contribution < 1.29 is 23.6 Å². The topological polar surface area (TPSA) is 80.7 Å². The standard InChI is InChI=1S/C11H18N4O4/c1-11(2,3)18-10(16)12-9-8-15(13-19-9)14-4-6-17-7-5-14/h8H,4-7H2,1-3H3/p+1. The van der Waals surface area contributed by atoms with E-state index >= 15 is 0 Å². The number of nitrogens with one attached hydrogen (secondary N) is 1. The third-order valence-corrected chi connectivity index (χ3v) is 2.36. The Morgan fingerprint density at radius 3 is 2.79 bits per heavy atom. The van der Waals surface area contributed by atoms with Gasteiger partial charge >= 0.3 is 12.0 Å². The van der Waals surface area contributed by atoms with E-state index in [0.717, 1.165) is 13.1 Å². The van der Waals surface area contributed by atoms with Gasteiger partial charge in [-0.15, -0.1) is 5.01 Å². The zero-order valence-corrected chi connectivity index (χ0v) is 11.4. The van der Waals surface area contributed by atoms with Gasteiger partial charge in [0.05, 0.1) is 31.1 Å². The number of carbonyl (C=O) groups is 1. The third kappa shape index (κ3) is 4.09. The van der Waals surface area contributed by atoms with E-state index in [-0.39, 0.29) is 5.88 Å². The predicted molar refractivity (Wildman–Crippen MR) is 65.3 cm³/mol. The Morgan fingerprint density at radius 1 is 1.47 bits per heavy atom. The molecular weight excluding hydrogens is 252 g/mol. The first-order chi connectivity index (χ1) is 8.94. The summed E-state index contributed by atoms with van der Waals surface area (Å²) >= 11 is 0. The highest BCUT2D eigenvalue weighted by molar-refractivity contribution is 5.82. The normalized spacial score (nSPS) is 16.3. The Morgan fingerprint density at radius 2 is 2.16 bits per heavy atom. The summed E-state index contributed by atoms with van der Waals surface area (Å²) in [7, 11) is 0. The van der Waals surface area contributed by atoms with Crippen molar-refractivity contribution >= 4 is 12.0 Å². The number of hydrogen-bond acceptors (Lipinski definition) is 6.